The van der Waals surface area contributed by atoms with Crippen molar-refractivity contribution in [3.8, 4) is 0 Å². The normalized spacial score (nSPS) is 18.2. The number of rotatable bonds is 3. The number of hydrogen-bond donors (Lipinski definition) is 1. The molecule has 11 heteroatoms. The van der Waals surface area contributed by atoms with Crippen LogP contribution in [0.1, 0.15) is 30.7 Å². The number of tetrazole rings is 1. The molecule has 1 atom stereocenters. The van der Waals surface area contributed by atoms with Gasteiger partial charge < -0.3 is 10.5 Å². The predicted molar refractivity (Wildman–Crippen MR) is 132 cm³/mol. The van der Waals surface area contributed by atoms with Crippen molar-refractivity contribution in [2.75, 3.05) is 12.0 Å². The van der Waals surface area contributed by atoms with Crippen LogP contribution in [0, 0.1) is 0 Å². The number of esters is 1. The SMILES string of the molecule is COC(=O)C1=C(N)N(c2cccnc2)C2=C(C(=O)CCC2)C1c1cc2cc(Cl)ccc2n2nnnc12. The van der Waals surface area contributed by atoms with Crippen LogP contribution in [-0.2, 0) is 14.3 Å². The van der Waals surface area contributed by atoms with Gasteiger partial charge in [-0.25, -0.2) is 4.79 Å². The highest BCUT2D eigenvalue weighted by Gasteiger charge is 2.44. The van der Waals surface area contributed by atoms with Gasteiger partial charge in [-0.15, -0.1) is 5.10 Å². The Balaban J connectivity index is 1.70. The number of ketones is 1. The first-order valence-electron chi connectivity index (χ1n) is 11.3. The molecule has 1 aromatic carbocycles. The van der Waals surface area contributed by atoms with Gasteiger partial charge in [0.1, 0.15) is 5.82 Å². The van der Waals surface area contributed by atoms with Crippen LogP contribution in [-0.4, -0.2) is 43.9 Å². The van der Waals surface area contributed by atoms with Crippen molar-refractivity contribution in [2.45, 2.75) is 25.2 Å². The van der Waals surface area contributed by atoms with Gasteiger partial charge in [0.2, 0.25) is 0 Å². The first-order valence-corrected chi connectivity index (χ1v) is 11.7. The van der Waals surface area contributed by atoms with Gasteiger partial charge in [0.25, 0.3) is 0 Å². The van der Waals surface area contributed by atoms with Crippen molar-refractivity contribution < 1.29 is 14.3 Å². The van der Waals surface area contributed by atoms with Crippen LogP contribution in [0.5, 0.6) is 0 Å². The Morgan fingerprint density at radius 2 is 2.08 bits per heavy atom. The Hall–Kier alpha value is -4.31. The van der Waals surface area contributed by atoms with Gasteiger partial charge in [-0.3, -0.25) is 14.7 Å². The molecule has 2 N–H and O–H groups in total. The van der Waals surface area contributed by atoms with Gasteiger partial charge in [-0.2, -0.15) is 4.52 Å². The fourth-order valence-electron chi connectivity index (χ4n) is 5.20. The number of allylic oxidation sites excluding steroid dienone is 2. The number of carbonyl (C=O) groups excluding carboxylic acids is 2. The monoisotopic (exact) mass is 501 g/mol. The van der Waals surface area contributed by atoms with Crippen LogP contribution < -0.4 is 10.6 Å². The summed E-state index contributed by atoms with van der Waals surface area (Å²) < 4.78 is 6.76. The molecule has 2 aliphatic rings. The Morgan fingerprint density at radius 3 is 2.86 bits per heavy atom. The number of fused-ring (bicyclic) bond motifs is 3. The zero-order chi connectivity index (χ0) is 25.0. The summed E-state index contributed by atoms with van der Waals surface area (Å²) in [7, 11) is 1.29. The molecule has 4 heterocycles. The zero-order valence-electron chi connectivity index (χ0n) is 19.2. The lowest BCUT2D eigenvalue weighted by Crippen LogP contribution is -2.41. The highest BCUT2D eigenvalue weighted by molar-refractivity contribution is 6.31. The number of hydrogen-bond acceptors (Lipinski definition) is 9. The topological polar surface area (TPSA) is 129 Å². The van der Waals surface area contributed by atoms with Crippen molar-refractivity contribution in [2.24, 2.45) is 5.73 Å². The number of Topliss-reactive ketones (excluding diaryl/α,β-unsaturated/α-hetero) is 1. The van der Waals surface area contributed by atoms with Crippen LogP contribution >= 0.6 is 11.6 Å². The average Bonchev–Trinajstić information content (AvgIpc) is 3.38. The Kier molecular flexibility index (Phi) is 5.18. The maximum Gasteiger partial charge on any atom is 0.338 e. The lowest BCUT2D eigenvalue weighted by Gasteiger charge is -2.40. The molecule has 36 heavy (non-hydrogen) atoms. The van der Waals surface area contributed by atoms with E-state index in [9.17, 15) is 9.59 Å². The number of nitrogens with two attached hydrogens (primary N) is 1. The molecule has 0 radical (unpaired) electrons. The lowest BCUT2D eigenvalue weighted by molar-refractivity contribution is -0.136. The Bertz CT molecular complexity index is 1630. The van der Waals surface area contributed by atoms with E-state index in [2.05, 4.69) is 20.5 Å². The molecule has 180 valence electrons. The van der Waals surface area contributed by atoms with Crippen LogP contribution in [0.15, 0.2) is 71.5 Å². The smallest absolute Gasteiger partial charge is 0.338 e. The number of pyridine rings is 2. The minimum absolute atomic E-state index is 0.0686. The van der Waals surface area contributed by atoms with Crippen molar-refractivity contribution in [1.29, 1.82) is 0 Å². The molecule has 1 aliphatic carbocycles. The predicted octanol–water partition coefficient (Wildman–Crippen LogP) is 3.28. The second kappa shape index (κ2) is 8.42. The van der Waals surface area contributed by atoms with Gasteiger partial charge in [-0.1, -0.05) is 11.6 Å². The van der Waals surface area contributed by atoms with Gasteiger partial charge >= 0.3 is 5.97 Å². The third-order valence-corrected chi connectivity index (χ3v) is 6.90. The lowest BCUT2D eigenvalue weighted by atomic mass is 9.75. The van der Waals surface area contributed by atoms with E-state index in [4.69, 9.17) is 22.1 Å². The number of anilines is 1. The molecule has 0 saturated carbocycles. The molecule has 0 saturated heterocycles. The van der Waals surface area contributed by atoms with Crippen LogP contribution in [0.4, 0.5) is 5.69 Å². The average molecular weight is 502 g/mol. The Labute approximate surface area is 210 Å². The highest BCUT2D eigenvalue weighted by atomic mass is 35.5. The molecule has 6 rings (SSSR count). The molecule has 1 unspecified atom stereocenters. The van der Waals surface area contributed by atoms with Crippen LogP contribution in [0.2, 0.25) is 5.02 Å². The van der Waals surface area contributed by atoms with Crippen LogP contribution in [0.3, 0.4) is 0 Å². The third kappa shape index (κ3) is 3.25. The molecule has 3 aromatic heterocycles. The van der Waals surface area contributed by atoms with Gasteiger partial charge in [-0.05, 0) is 59.7 Å². The zero-order valence-corrected chi connectivity index (χ0v) is 19.9. The molecule has 4 aromatic rings. The minimum Gasteiger partial charge on any atom is -0.466 e. The summed E-state index contributed by atoms with van der Waals surface area (Å²) in [5.41, 5.74) is 10.4. The van der Waals surface area contributed by atoms with E-state index in [1.165, 1.54) is 7.11 Å². The van der Waals surface area contributed by atoms with E-state index in [1.54, 1.807) is 40.0 Å². The summed E-state index contributed by atoms with van der Waals surface area (Å²) in [5.74, 6) is -1.37. The molecule has 10 nitrogen and oxygen atoms in total. The molecule has 0 bridgehead atoms. The van der Waals surface area contributed by atoms with Crippen molar-refractivity contribution in [1.82, 2.24) is 25.0 Å². The summed E-state index contributed by atoms with van der Waals surface area (Å²) in [6.45, 7) is 0. The summed E-state index contributed by atoms with van der Waals surface area (Å²) >= 11 is 6.29. The number of aromatic nitrogens is 5. The molecule has 0 fully saturated rings. The van der Waals surface area contributed by atoms with E-state index in [0.29, 0.717) is 46.8 Å². The van der Waals surface area contributed by atoms with Crippen molar-refractivity contribution in [3.05, 3.63) is 82.0 Å². The highest BCUT2D eigenvalue weighted by Crippen LogP contribution is 2.47. The first-order chi connectivity index (χ1) is 17.5. The number of halogens is 1. The second-order valence-electron chi connectivity index (χ2n) is 8.62. The first kappa shape index (κ1) is 22.2. The van der Waals surface area contributed by atoms with Gasteiger partial charge in [0.05, 0.1) is 36.0 Å². The molecule has 0 amide bonds. The molecule has 0 spiro atoms. The largest absolute Gasteiger partial charge is 0.466 e. The van der Waals surface area contributed by atoms with Crippen molar-refractivity contribution in [3.63, 3.8) is 0 Å². The molecule has 1 aliphatic heterocycles. The molecular weight excluding hydrogens is 482 g/mol. The van der Waals surface area contributed by atoms with E-state index < -0.39 is 11.9 Å². The number of benzene rings is 1. The minimum atomic E-state index is -0.829. The number of nitrogens with zero attached hydrogens (tertiary/aromatic N) is 6. The van der Waals surface area contributed by atoms with Gasteiger partial charge in [0, 0.05) is 39.9 Å². The summed E-state index contributed by atoms with van der Waals surface area (Å²) in [6, 6.07) is 10.8. The van der Waals surface area contributed by atoms with Crippen molar-refractivity contribution >= 4 is 45.6 Å². The fourth-order valence-corrected chi connectivity index (χ4v) is 5.38. The maximum absolute atomic E-state index is 13.5. The number of ether oxygens (including phenoxy) is 1. The van der Waals surface area contributed by atoms with E-state index >= 15 is 0 Å². The summed E-state index contributed by atoms with van der Waals surface area (Å²) in [6.07, 6.45) is 4.91. The quantitative estimate of drug-likeness (QED) is 0.420. The number of carbonyl (C=O) groups is 2. The molecular formula is C25H20ClN7O3. The maximum atomic E-state index is 13.5. The standard InChI is InChI=1S/C25H20ClN7O3/c1-36-25(35)22-20(16-11-13-10-14(26)7-8-17(13)33-24(16)29-30-31-33)21-18(5-2-6-19(21)34)32(23(22)27)15-4-3-9-28-12-15/h3-4,7-12,20H,2,5-6,27H2,1H3. The fraction of sp³-hybridized carbons (Fsp3) is 0.200. The Morgan fingerprint density at radius 1 is 1.22 bits per heavy atom. The third-order valence-electron chi connectivity index (χ3n) is 6.67. The summed E-state index contributed by atoms with van der Waals surface area (Å²) in [4.78, 5) is 32.8. The van der Waals surface area contributed by atoms with Gasteiger partial charge in [0.15, 0.2) is 11.4 Å². The summed E-state index contributed by atoms with van der Waals surface area (Å²) in [5, 5.41) is 13.6. The van der Waals surface area contributed by atoms with Crippen LogP contribution in [0.25, 0.3) is 16.6 Å². The van der Waals surface area contributed by atoms with E-state index in [-0.39, 0.29) is 17.2 Å². The number of methoxy groups -OCH3 is 1. The van der Waals surface area contributed by atoms with E-state index in [0.717, 1.165) is 16.6 Å². The second-order valence-corrected chi connectivity index (χ2v) is 9.06. The van der Waals surface area contributed by atoms with E-state index in [1.807, 2.05) is 18.2 Å².